The number of carboxylic acid groups (broad SMARTS) is 1. The molecule has 0 spiro atoms. The highest BCUT2D eigenvalue weighted by atomic mass is 16.4. The number of hydrogen-bond donors (Lipinski definition) is 3. The Morgan fingerprint density at radius 2 is 1.75 bits per heavy atom. The van der Waals surface area contributed by atoms with Crippen LogP contribution in [0.15, 0.2) is 0 Å². The quantitative estimate of drug-likeness (QED) is 0.744. The fraction of sp³-hybridized carbons (Fsp3) is 0.867. The minimum atomic E-state index is -1.07. The third-order valence-electron chi connectivity index (χ3n) is 5.07. The Hall–Kier alpha value is -1.26. The molecule has 5 heteroatoms. The molecule has 114 valence electrons. The molecular formula is C15H26N2O3. The number of carbonyl (C=O) groups is 2. The molecule has 2 aliphatic rings. The van der Waals surface area contributed by atoms with Gasteiger partial charge in [-0.15, -0.1) is 0 Å². The predicted octanol–water partition coefficient (Wildman–Crippen LogP) is 2.51. The molecule has 2 unspecified atom stereocenters. The molecule has 0 aromatic heterocycles. The summed E-state index contributed by atoms with van der Waals surface area (Å²) in [5, 5.41) is 15.2. The molecule has 5 nitrogen and oxygen atoms in total. The van der Waals surface area contributed by atoms with E-state index in [9.17, 15) is 14.7 Å². The molecule has 2 aliphatic carbocycles. The molecule has 2 fully saturated rings. The number of aliphatic carboxylic acids is 1. The van der Waals surface area contributed by atoms with Crippen LogP contribution < -0.4 is 10.6 Å². The minimum absolute atomic E-state index is 0.184. The number of urea groups is 1. The second-order valence-corrected chi connectivity index (χ2v) is 6.68. The first-order valence-electron chi connectivity index (χ1n) is 7.75. The molecule has 0 bridgehead atoms. The summed E-state index contributed by atoms with van der Waals surface area (Å²) < 4.78 is 0. The van der Waals surface area contributed by atoms with Gasteiger partial charge in [0.2, 0.25) is 0 Å². The lowest BCUT2D eigenvalue weighted by atomic mass is 9.77. The Morgan fingerprint density at radius 3 is 2.25 bits per heavy atom. The molecule has 0 aromatic carbocycles. The van der Waals surface area contributed by atoms with E-state index in [1.807, 2.05) is 0 Å². The second-order valence-electron chi connectivity index (χ2n) is 6.68. The van der Waals surface area contributed by atoms with E-state index in [1.54, 1.807) is 0 Å². The highest BCUT2D eigenvalue weighted by molar-refractivity contribution is 5.86. The summed E-state index contributed by atoms with van der Waals surface area (Å²) in [6.45, 7) is 4.26. The molecule has 0 radical (unpaired) electrons. The van der Waals surface area contributed by atoms with Gasteiger partial charge in [0.1, 0.15) is 5.54 Å². The van der Waals surface area contributed by atoms with E-state index in [0.29, 0.717) is 24.7 Å². The molecule has 2 rings (SSSR count). The number of amides is 2. The topological polar surface area (TPSA) is 78.4 Å². The van der Waals surface area contributed by atoms with Crippen LogP contribution in [0.25, 0.3) is 0 Å². The summed E-state index contributed by atoms with van der Waals surface area (Å²) in [6.07, 6.45) is 6.01. The van der Waals surface area contributed by atoms with Crippen molar-refractivity contribution in [2.45, 2.75) is 70.4 Å². The summed E-state index contributed by atoms with van der Waals surface area (Å²) in [4.78, 5) is 23.7. The Morgan fingerprint density at radius 1 is 1.10 bits per heavy atom. The third kappa shape index (κ3) is 3.25. The van der Waals surface area contributed by atoms with Gasteiger partial charge in [0.25, 0.3) is 0 Å². The maximum absolute atomic E-state index is 12.1. The third-order valence-corrected chi connectivity index (χ3v) is 5.07. The molecular weight excluding hydrogens is 256 g/mol. The van der Waals surface area contributed by atoms with Crippen LogP contribution in [0.3, 0.4) is 0 Å². The van der Waals surface area contributed by atoms with Crippen molar-refractivity contribution >= 4 is 12.0 Å². The Bertz CT molecular complexity index is 375. The fourth-order valence-corrected chi connectivity index (χ4v) is 3.43. The summed E-state index contributed by atoms with van der Waals surface area (Å²) in [7, 11) is 0. The van der Waals surface area contributed by atoms with Crippen molar-refractivity contribution in [1.82, 2.24) is 10.6 Å². The van der Waals surface area contributed by atoms with Crippen molar-refractivity contribution in [3.8, 4) is 0 Å². The molecule has 3 N–H and O–H groups in total. The smallest absolute Gasteiger partial charge is 0.329 e. The number of rotatable bonds is 3. The Balaban J connectivity index is 1.94. The van der Waals surface area contributed by atoms with E-state index in [4.69, 9.17) is 0 Å². The van der Waals surface area contributed by atoms with Crippen molar-refractivity contribution < 1.29 is 14.7 Å². The highest BCUT2D eigenvalue weighted by Crippen LogP contribution is 2.32. The molecule has 0 heterocycles. The van der Waals surface area contributed by atoms with Crippen LogP contribution in [-0.2, 0) is 4.79 Å². The molecule has 0 aromatic rings. The summed E-state index contributed by atoms with van der Waals surface area (Å²) in [6, 6.07) is -0.135. The maximum Gasteiger partial charge on any atom is 0.329 e. The summed E-state index contributed by atoms with van der Waals surface area (Å²) in [5.74, 6) is 0.120. The Kier molecular flexibility index (Phi) is 4.55. The van der Waals surface area contributed by atoms with Gasteiger partial charge in [-0.05, 0) is 50.4 Å². The van der Waals surface area contributed by atoms with Gasteiger partial charge >= 0.3 is 12.0 Å². The largest absolute Gasteiger partial charge is 0.480 e. The van der Waals surface area contributed by atoms with E-state index in [2.05, 4.69) is 24.5 Å². The highest BCUT2D eigenvalue weighted by Gasteiger charge is 2.43. The van der Waals surface area contributed by atoms with Crippen LogP contribution in [0, 0.1) is 11.8 Å². The second kappa shape index (κ2) is 6.02. The number of carbonyl (C=O) groups excluding carboxylic acids is 1. The van der Waals surface area contributed by atoms with Crippen molar-refractivity contribution in [1.29, 1.82) is 0 Å². The first-order chi connectivity index (χ1) is 9.43. The van der Waals surface area contributed by atoms with Crippen molar-refractivity contribution in [2.24, 2.45) is 11.8 Å². The van der Waals surface area contributed by atoms with Crippen molar-refractivity contribution in [3.63, 3.8) is 0 Å². The van der Waals surface area contributed by atoms with E-state index in [1.165, 1.54) is 0 Å². The molecule has 2 saturated carbocycles. The van der Waals surface area contributed by atoms with Crippen LogP contribution in [0.2, 0.25) is 0 Å². The van der Waals surface area contributed by atoms with Crippen molar-refractivity contribution in [2.75, 3.05) is 0 Å². The van der Waals surface area contributed by atoms with Crippen LogP contribution in [0.4, 0.5) is 4.79 Å². The zero-order valence-electron chi connectivity index (χ0n) is 12.4. The molecule has 0 aliphatic heterocycles. The Labute approximate surface area is 120 Å². The average molecular weight is 282 g/mol. The number of carboxylic acids is 1. The molecule has 0 saturated heterocycles. The van der Waals surface area contributed by atoms with Gasteiger partial charge in [0.15, 0.2) is 0 Å². The fourth-order valence-electron chi connectivity index (χ4n) is 3.43. The lowest BCUT2D eigenvalue weighted by Gasteiger charge is -2.36. The van der Waals surface area contributed by atoms with Gasteiger partial charge in [-0.1, -0.05) is 20.3 Å². The van der Waals surface area contributed by atoms with E-state index < -0.39 is 11.5 Å². The monoisotopic (exact) mass is 282 g/mol. The first-order valence-corrected chi connectivity index (χ1v) is 7.75. The summed E-state index contributed by atoms with van der Waals surface area (Å²) in [5.41, 5.74) is -1.07. The van der Waals surface area contributed by atoms with Gasteiger partial charge in [0.05, 0.1) is 0 Å². The maximum atomic E-state index is 12.1. The predicted molar refractivity (Wildman–Crippen MR) is 76.5 cm³/mol. The van der Waals surface area contributed by atoms with Gasteiger partial charge in [-0.2, -0.15) is 0 Å². The zero-order valence-corrected chi connectivity index (χ0v) is 12.4. The first kappa shape index (κ1) is 15.1. The van der Waals surface area contributed by atoms with Crippen LogP contribution in [0.1, 0.15) is 58.8 Å². The van der Waals surface area contributed by atoms with E-state index in [-0.39, 0.29) is 12.1 Å². The van der Waals surface area contributed by atoms with E-state index in [0.717, 1.165) is 32.1 Å². The van der Waals surface area contributed by atoms with Gasteiger partial charge < -0.3 is 15.7 Å². The van der Waals surface area contributed by atoms with Gasteiger partial charge in [-0.3, -0.25) is 0 Å². The summed E-state index contributed by atoms with van der Waals surface area (Å²) >= 11 is 0. The standard InChI is InChI=1S/C15H26N2O3/c1-10-6-8-15(9-7-10,13(18)19)17-14(20)16-12-5-3-4-11(12)2/h10-12H,3-9H2,1-2H3,(H,18,19)(H2,16,17,20). The van der Waals surface area contributed by atoms with Gasteiger partial charge in [-0.25, -0.2) is 9.59 Å². The lowest BCUT2D eigenvalue weighted by Crippen LogP contribution is -2.59. The number of hydrogen-bond acceptors (Lipinski definition) is 2. The van der Waals surface area contributed by atoms with Gasteiger partial charge in [0, 0.05) is 6.04 Å². The SMILES string of the molecule is CC1CCC(NC(=O)NC2CCCC2C)(C(=O)O)CC1. The lowest BCUT2D eigenvalue weighted by molar-refractivity contribution is -0.146. The van der Waals surface area contributed by atoms with E-state index >= 15 is 0 Å². The normalized spacial score (nSPS) is 37.4. The average Bonchev–Trinajstić information content (AvgIpc) is 2.78. The van der Waals surface area contributed by atoms with Crippen LogP contribution in [0.5, 0.6) is 0 Å². The minimum Gasteiger partial charge on any atom is -0.480 e. The molecule has 20 heavy (non-hydrogen) atoms. The van der Waals surface area contributed by atoms with Crippen LogP contribution >= 0.6 is 0 Å². The van der Waals surface area contributed by atoms with Crippen LogP contribution in [-0.4, -0.2) is 28.7 Å². The zero-order chi connectivity index (χ0) is 14.8. The number of nitrogens with one attached hydrogen (secondary N) is 2. The van der Waals surface area contributed by atoms with Crippen molar-refractivity contribution in [3.05, 3.63) is 0 Å². The molecule has 2 amide bonds. The molecule has 2 atom stereocenters.